The lowest BCUT2D eigenvalue weighted by molar-refractivity contribution is -0.127. The minimum Gasteiger partial charge on any atom is -0.496 e. The van der Waals surface area contributed by atoms with E-state index in [1.807, 2.05) is 86.8 Å². The molecule has 0 bridgehead atoms. The SMILES string of the molecule is COc1ccc(C(C(=O)NC2CCCCC2)N(C(=O)Cc2c[nH]c3ccccc23)c2ccccc2)c(C)c1C. The first-order chi connectivity index (χ1) is 19.0. The van der Waals surface area contributed by atoms with Gasteiger partial charge in [0.25, 0.3) is 0 Å². The fourth-order valence-corrected chi connectivity index (χ4v) is 5.81. The van der Waals surface area contributed by atoms with Gasteiger partial charge in [0.05, 0.1) is 13.5 Å². The number of rotatable bonds is 8. The van der Waals surface area contributed by atoms with Gasteiger partial charge in [0, 0.05) is 28.8 Å². The molecule has 0 saturated heterocycles. The molecule has 6 heteroatoms. The molecule has 4 aromatic rings. The molecule has 39 heavy (non-hydrogen) atoms. The number of aromatic amines is 1. The lowest BCUT2D eigenvalue weighted by atomic mass is 9.92. The Bertz CT molecular complexity index is 1450. The van der Waals surface area contributed by atoms with Crippen molar-refractivity contribution in [2.45, 2.75) is 64.5 Å². The van der Waals surface area contributed by atoms with E-state index in [-0.39, 0.29) is 24.3 Å². The zero-order valence-electron chi connectivity index (χ0n) is 23.0. The van der Waals surface area contributed by atoms with Crippen LogP contribution in [-0.2, 0) is 16.0 Å². The molecule has 6 nitrogen and oxygen atoms in total. The van der Waals surface area contributed by atoms with Crippen molar-refractivity contribution >= 4 is 28.4 Å². The summed E-state index contributed by atoms with van der Waals surface area (Å²) in [6.07, 6.45) is 7.41. The molecule has 1 unspecified atom stereocenters. The minimum absolute atomic E-state index is 0.120. The molecular weight excluding hydrogens is 486 g/mol. The van der Waals surface area contributed by atoms with Crippen LogP contribution in [-0.4, -0.2) is 29.9 Å². The Balaban J connectivity index is 1.60. The standard InChI is InChI=1S/C33H37N3O3/c1-22-23(2)30(39-3)19-18-27(22)32(33(38)35-25-12-6-4-7-13-25)36(26-14-8-5-9-15-26)31(37)20-24-21-34-29-17-11-10-16-28(24)29/h5,8-11,14-19,21,25,32,34H,4,6-7,12-13,20H2,1-3H3,(H,35,38). The van der Waals surface area contributed by atoms with E-state index in [0.717, 1.165) is 64.6 Å². The van der Waals surface area contributed by atoms with Gasteiger partial charge in [0.15, 0.2) is 0 Å². The predicted molar refractivity (Wildman–Crippen MR) is 156 cm³/mol. The molecule has 5 rings (SSSR count). The number of hydrogen-bond acceptors (Lipinski definition) is 3. The zero-order valence-corrected chi connectivity index (χ0v) is 23.0. The van der Waals surface area contributed by atoms with Gasteiger partial charge in [-0.3, -0.25) is 14.5 Å². The number of carbonyl (C=O) groups is 2. The maximum Gasteiger partial charge on any atom is 0.248 e. The maximum absolute atomic E-state index is 14.3. The average Bonchev–Trinajstić information content (AvgIpc) is 3.37. The maximum atomic E-state index is 14.3. The third-order valence-corrected chi connectivity index (χ3v) is 8.07. The summed E-state index contributed by atoms with van der Waals surface area (Å²) in [5, 5.41) is 4.33. The zero-order chi connectivity index (χ0) is 27.4. The van der Waals surface area contributed by atoms with Crippen molar-refractivity contribution in [3.8, 4) is 5.75 Å². The highest BCUT2D eigenvalue weighted by Gasteiger charge is 2.35. The highest BCUT2D eigenvalue weighted by atomic mass is 16.5. The molecule has 2 amide bonds. The minimum atomic E-state index is -0.823. The number of benzene rings is 3. The van der Waals surface area contributed by atoms with E-state index in [4.69, 9.17) is 4.74 Å². The summed E-state index contributed by atoms with van der Waals surface area (Å²) in [6.45, 7) is 4.00. The number of nitrogens with zero attached hydrogens (tertiary/aromatic N) is 1. The molecule has 1 aromatic heterocycles. The van der Waals surface area contributed by atoms with Gasteiger partial charge in [-0.1, -0.05) is 61.7 Å². The van der Waals surface area contributed by atoms with E-state index in [1.54, 1.807) is 12.0 Å². The fraction of sp³-hybridized carbons (Fsp3) is 0.333. The summed E-state index contributed by atoms with van der Waals surface area (Å²) in [4.78, 5) is 33.5. The Morgan fingerprint density at radius 1 is 0.949 bits per heavy atom. The normalized spacial score (nSPS) is 14.6. The van der Waals surface area contributed by atoms with Crippen molar-refractivity contribution in [3.05, 3.63) is 95.2 Å². The monoisotopic (exact) mass is 523 g/mol. The third kappa shape index (κ3) is 5.56. The number of H-pyrrole nitrogens is 1. The molecule has 0 spiro atoms. The average molecular weight is 524 g/mol. The van der Waals surface area contributed by atoms with Crippen LogP contribution in [0, 0.1) is 13.8 Å². The fourth-order valence-electron chi connectivity index (χ4n) is 5.81. The summed E-state index contributed by atoms with van der Waals surface area (Å²) in [5.74, 6) is 0.479. The van der Waals surface area contributed by atoms with Crippen LogP contribution < -0.4 is 15.0 Å². The summed E-state index contributed by atoms with van der Waals surface area (Å²) in [5.41, 5.74) is 5.30. The van der Waals surface area contributed by atoms with Crippen molar-refractivity contribution in [2.24, 2.45) is 0 Å². The van der Waals surface area contributed by atoms with Crippen LogP contribution in [0.2, 0.25) is 0 Å². The number of anilines is 1. The lowest BCUT2D eigenvalue weighted by Gasteiger charge is -2.34. The molecule has 1 atom stereocenters. The van der Waals surface area contributed by atoms with Crippen molar-refractivity contribution in [3.63, 3.8) is 0 Å². The Hall–Kier alpha value is -4.06. The van der Waals surface area contributed by atoms with Crippen LogP contribution in [0.3, 0.4) is 0 Å². The lowest BCUT2D eigenvalue weighted by Crippen LogP contribution is -2.48. The van der Waals surface area contributed by atoms with Crippen LogP contribution >= 0.6 is 0 Å². The quantitative estimate of drug-likeness (QED) is 0.275. The number of fused-ring (bicyclic) bond motifs is 1. The van der Waals surface area contributed by atoms with Crippen molar-refractivity contribution in [1.29, 1.82) is 0 Å². The second-order valence-corrected chi connectivity index (χ2v) is 10.5. The van der Waals surface area contributed by atoms with Crippen LogP contribution in [0.1, 0.15) is 60.4 Å². The van der Waals surface area contributed by atoms with E-state index in [9.17, 15) is 9.59 Å². The molecule has 1 aliphatic carbocycles. The van der Waals surface area contributed by atoms with Crippen molar-refractivity contribution < 1.29 is 14.3 Å². The Labute approximate surface area is 230 Å². The van der Waals surface area contributed by atoms with E-state index < -0.39 is 6.04 Å². The van der Waals surface area contributed by atoms with Crippen molar-refractivity contribution in [2.75, 3.05) is 12.0 Å². The molecule has 0 aliphatic heterocycles. The molecule has 1 fully saturated rings. The van der Waals surface area contributed by atoms with E-state index in [2.05, 4.69) is 10.3 Å². The molecule has 202 valence electrons. The van der Waals surface area contributed by atoms with Crippen LogP contribution in [0.4, 0.5) is 5.69 Å². The van der Waals surface area contributed by atoms with Gasteiger partial charge >= 0.3 is 0 Å². The number of ether oxygens (including phenoxy) is 1. The molecule has 1 saturated carbocycles. The molecule has 2 N–H and O–H groups in total. The number of hydrogen-bond donors (Lipinski definition) is 2. The number of methoxy groups -OCH3 is 1. The predicted octanol–water partition coefficient (Wildman–Crippen LogP) is 6.56. The van der Waals surface area contributed by atoms with Gasteiger partial charge in [-0.05, 0) is 73.2 Å². The highest BCUT2D eigenvalue weighted by molar-refractivity contribution is 6.03. The molecule has 1 aliphatic rings. The Morgan fingerprint density at radius 3 is 2.41 bits per heavy atom. The second kappa shape index (κ2) is 11.8. The molecule has 0 radical (unpaired) electrons. The number of aromatic nitrogens is 1. The Kier molecular flexibility index (Phi) is 8.01. The first-order valence-corrected chi connectivity index (χ1v) is 13.8. The van der Waals surface area contributed by atoms with Gasteiger partial charge in [0.2, 0.25) is 11.8 Å². The van der Waals surface area contributed by atoms with Gasteiger partial charge in [0.1, 0.15) is 11.8 Å². The van der Waals surface area contributed by atoms with Crippen LogP contribution in [0.15, 0.2) is 72.9 Å². The molecular formula is C33H37N3O3. The summed E-state index contributed by atoms with van der Waals surface area (Å²) < 4.78 is 5.56. The summed E-state index contributed by atoms with van der Waals surface area (Å²) >= 11 is 0. The second-order valence-electron chi connectivity index (χ2n) is 10.5. The molecule has 3 aromatic carbocycles. The van der Waals surface area contributed by atoms with Gasteiger partial charge in [-0.25, -0.2) is 0 Å². The number of carbonyl (C=O) groups excluding carboxylic acids is 2. The number of para-hydroxylation sites is 2. The van der Waals surface area contributed by atoms with Gasteiger partial charge in [-0.2, -0.15) is 0 Å². The third-order valence-electron chi connectivity index (χ3n) is 8.07. The smallest absolute Gasteiger partial charge is 0.248 e. The van der Waals surface area contributed by atoms with E-state index in [1.165, 1.54) is 6.42 Å². The Morgan fingerprint density at radius 2 is 1.67 bits per heavy atom. The molecule has 1 heterocycles. The van der Waals surface area contributed by atoms with E-state index in [0.29, 0.717) is 5.69 Å². The van der Waals surface area contributed by atoms with Crippen molar-refractivity contribution in [1.82, 2.24) is 10.3 Å². The summed E-state index contributed by atoms with van der Waals surface area (Å²) in [6, 6.07) is 20.6. The van der Waals surface area contributed by atoms with E-state index >= 15 is 0 Å². The highest BCUT2D eigenvalue weighted by Crippen LogP contribution is 2.35. The van der Waals surface area contributed by atoms with Crippen LogP contribution in [0.5, 0.6) is 5.75 Å². The van der Waals surface area contributed by atoms with Gasteiger partial charge < -0.3 is 15.0 Å². The largest absolute Gasteiger partial charge is 0.496 e. The van der Waals surface area contributed by atoms with Gasteiger partial charge in [-0.15, -0.1) is 0 Å². The topological polar surface area (TPSA) is 74.4 Å². The number of nitrogens with one attached hydrogen (secondary N) is 2. The number of amides is 2. The van der Waals surface area contributed by atoms with Crippen LogP contribution in [0.25, 0.3) is 10.9 Å². The first kappa shape index (κ1) is 26.5. The first-order valence-electron chi connectivity index (χ1n) is 13.8. The summed E-state index contributed by atoms with van der Waals surface area (Å²) in [7, 11) is 1.65.